The molecule has 0 aliphatic carbocycles. The van der Waals surface area contributed by atoms with Gasteiger partial charge >= 0.3 is 8.69 Å². The molecule has 0 fully saturated rings. The van der Waals surface area contributed by atoms with Crippen LogP contribution in [0.4, 0.5) is 4.20 Å². The van der Waals surface area contributed by atoms with Crippen LogP contribution in [-0.4, -0.2) is 0 Å². The maximum atomic E-state index is 15.5. The minimum Gasteiger partial charge on any atom is -0.414 e. The molecule has 1 unspecified atom stereocenters. The number of hydrogen-bond donors (Lipinski definition) is 0. The molecule has 0 amide bonds. The lowest BCUT2D eigenvalue weighted by Crippen LogP contribution is -2.22. The van der Waals surface area contributed by atoms with Crippen LogP contribution in [-0.2, 0) is 28.1 Å². The molecule has 0 N–H and O–H groups in total. The van der Waals surface area contributed by atoms with Gasteiger partial charge in [-0.25, -0.2) is 0 Å². The summed E-state index contributed by atoms with van der Waals surface area (Å²) in [7, 11) is -2.62. The minimum atomic E-state index is -2.62. The van der Waals surface area contributed by atoms with Crippen LogP contribution in [0.2, 0.25) is 0 Å². The quantitative estimate of drug-likeness (QED) is 0.345. The monoisotopic (exact) mass is 486 g/mol. The van der Waals surface area contributed by atoms with Gasteiger partial charge in [-0.1, -0.05) is 101 Å². The number of benzene rings is 2. The van der Waals surface area contributed by atoms with Gasteiger partial charge in [-0.15, -0.1) is 4.20 Å². The minimum absolute atomic E-state index is 0.0317. The van der Waals surface area contributed by atoms with Crippen LogP contribution in [0.5, 0.6) is 11.5 Å². The SMILES string of the molecule is Cc1c(C(C)(C)C)cc(C(C)(C)C)c2c1Cc1cc(C(C)(C)C)cc(C(C)(C)C)c1OP(F)O2. The van der Waals surface area contributed by atoms with E-state index in [1.807, 2.05) is 0 Å². The van der Waals surface area contributed by atoms with Gasteiger partial charge in [0, 0.05) is 23.1 Å². The van der Waals surface area contributed by atoms with E-state index in [0.717, 1.165) is 22.3 Å². The average molecular weight is 487 g/mol. The third kappa shape index (κ3) is 5.30. The van der Waals surface area contributed by atoms with Gasteiger partial charge in [0.05, 0.1) is 0 Å². The second-order valence-electron chi connectivity index (χ2n) is 14.0. The molecule has 1 aliphatic heterocycles. The van der Waals surface area contributed by atoms with Gasteiger partial charge in [-0.3, -0.25) is 0 Å². The standard InChI is InChI=1S/C30H44FO2P/c1-18-21-15-19-14-20(27(2,3)4)16-23(29(8,9)10)25(19)32-34(31)33-26(21)24(30(11,12)13)17-22(18)28(5,6)7/h14,16-17H,15H2,1-13H3. The molecule has 34 heavy (non-hydrogen) atoms. The Hall–Kier alpha value is -1.60. The smallest absolute Gasteiger partial charge is 0.414 e. The van der Waals surface area contributed by atoms with Crippen molar-refractivity contribution in [2.45, 2.75) is 118 Å². The Labute approximate surface area is 208 Å². The number of halogens is 1. The van der Waals surface area contributed by atoms with Crippen LogP contribution in [0.3, 0.4) is 0 Å². The molecule has 2 aromatic carbocycles. The average Bonchev–Trinajstić information content (AvgIpc) is 2.59. The molecule has 0 bridgehead atoms. The van der Waals surface area contributed by atoms with E-state index in [-0.39, 0.29) is 21.7 Å². The summed E-state index contributed by atoms with van der Waals surface area (Å²) in [5.41, 5.74) is 7.46. The van der Waals surface area contributed by atoms with Gasteiger partial charge in [0.1, 0.15) is 11.5 Å². The predicted octanol–water partition coefficient (Wildman–Crippen LogP) is 9.74. The Kier molecular flexibility index (Phi) is 6.76. The van der Waals surface area contributed by atoms with Crippen molar-refractivity contribution in [3.8, 4) is 11.5 Å². The van der Waals surface area contributed by atoms with E-state index in [9.17, 15) is 0 Å². The topological polar surface area (TPSA) is 18.5 Å². The molecule has 2 nitrogen and oxygen atoms in total. The van der Waals surface area contributed by atoms with Gasteiger partial charge in [0.25, 0.3) is 0 Å². The zero-order valence-electron chi connectivity index (χ0n) is 23.6. The zero-order chi connectivity index (χ0) is 26.0. The fourth-order valence-corrected chi connectivity index (χ4v) is 5.49. The van der Waals surface area contributed by atoms with Gasteiger partial charge in [-0.05, 0) is 50.8 Å². The van der Waals surface area contributed by atoms with Crippen molar-refractivity contribution < 1.29 is 13.2 Å². The summed E-state index contributed by atoms with van der Waals surface area (Å²) in [6.07, 6.45) is 0.652. The molecule has 1 heterocycles. The first-order valence-corrected chi connectivity index (χ1v) is 13.4. The van der Waals surface area contributed by atoms with Crippen molar-refractivity contribution in [1.82, 2.24) is 0 Å². The summed E-state index contributed by atoms with van der Waals surface area (Å²) in [6, 6.07) is 6.65. The summed E-state index contributed by atoms with van der Waals surface area (Å²) < 4.78 is 27.6. The molecule has 1 aliphatic rings. The highest BCUT2D eigenvalue weighted by Gasteiger charge is 2.35. The van der Waals surface area contributed by atoms with Crippen molar-refractivity contribution in [2.75, 3.05) is 0 Å². The first-order valence-electron chi connectivity index (χ1n) is 12.4. The molecule has 4 heteroatoms. The normalized spacial score (nSPS) is 17.2. The van der Waals surface area contributed by atoms with Crippen molar-refractivity contribution in [3.05, 3.63) is 57.1 Å². The number of fused-ring (bicyclic) bond motifs is 2. The molecule has 188 valence electrons. The van der Waals surface area contributed by atoms with E-state index < -0.39 is 8.69 Å². The lowest BCUT2D eigenvalue weighted by molar-refractivity contribution is 0.409. The van der Waals surface area contributed by atoms with E-state index >= 15 is 4.20 Å². The third-order valence-corrected chi connectivity index (χ3v) is 7.47. The summed E-state index contributed by atoms with van der Waals surface area (Å²) in [5, 5.41) is 0. The Morgan fingerprint density at radius 2 is 1.12 bits per heavy atom. The largest absolute Gasteiger partial charge is 0.505 e. The molecule has 0 saturated carbocycles. The fraction of sp³-hybridized carbons (Fsp3) is 0.600. The van der Waals surface area contributed by atoms with Crippen molar-refractivity contribution in [1.29, 1.82) is 0 Å². The third-order valence-electron chi connectivity index (χ3n) is 6.81. The van der Waals surface area contributed by atoms with E-state index in [2.05, 4.69) is 108 Å². The summed E-state index contributed by atoms with van der Waals surface area (Å²) >= 11 is 0. The maximum Gasteiger partial charge on any atom is 0.505 e. The van der Waals surface area contributed by atoms with E-state index in [4.69, 9.17) is 9.05 Å². The molecule has 0 spiro atoms. The summed E-state index contributed by atoms with van der Waals surface area (Å²) in [5.74, 6) is 1.31. The van der Waals surface area contributed by atoms with E-state index in [1.54, 1.807) is 0 Å². The van der Waals surface area contributed by atoms with Crippen LogP contribution in [0.1, 0.15) is 122 Å². The molecule has 2 aromatic rings. The Balaban J connectivity index is 2.43. The van der Waals surface area contributed by atoms with Crippen LogP contribution in [0, 0.1) is 6.92 Å². The van der Waals surface area contributed by atoms with Gasteiger partial charge in [0.15, 0.2) is 0 Å². The Morgan fingerprint density at radius 1 is 0.647 bits per heavy atom. The second-order valence-corrected chi connectivity index (χ2v) is 14.8. The van der Waals surface area contributed by atoms with Crippen molar-refractivity contribution in [2.24, 2.45) is 0 Å². The molecule has 1 atom stereocenters. The fourth-order valence-electron chi connectivity index (χ4n) is 4.74. The first kappa shape index (κ1) is 27.0. The summed E-state index contributed by atoms with van der Waals surface area (Å²) in [6.45, 7) is 28.5. The van der Waals surface area contributed by atoms with Crippen molar-refractivity contribution in [3.63, 3.8) is 0 Å². The molecule has 3 rings (SSSR count). The van der Waals surface area contributed by atoms with Crippen molar-refractivity contribution >= 4 is 8.69 Å². The van der Waals surface area contributed by atoms with E-state index in [1.165, 1.54) is 16.7 Å². The lowest BCUT2D eigenvalue weighted by Gasteiger charge is -2.34. The zero-order valence-corrected chi connectivity index (χ0v) is 24.5. The van der Waals surface area contributed by atoms with Gasteiger partial charge in [0.2, 0.25) is 0 Å². The second kappa shape index (κ2) is 8.51. The Bertz CT molecular complexity index is 1090. The molecule has 0 aromatic heterocycles. The van der Waals surface area contributed by atoms with Gasteiger partial charge in [-0.2, -0.15) is 0 Å². The predicted molar refractivity (Wildman–Crippen MR) is 145 cm³/mol. The highest BCUT2D eigenvalue weighted by Crippen LogP contribution is 2.54. The Morgan fingerprint density at radius 3 is 1.59 bits per heavy atom. The lowest BCUT2D eigenvalue weighted by atomic mass is 9.75. The van der Waals surface area contributed by atoms with Crippen LogP contribution >= 0.6 is 8.69 Å². The summed E-state index contributed by atoms with van der Waals surface area (Å²) in [4.78, 5) is 0. The highest BCUT2D eigenvalue weighted by atomic mass is 31.2. The molecule has 0 saturated heterocycles. The van der Waals surface area contributed by atoms with Crippen LogP contribution in [0.25, 0.3) is 0 Å². The molecular weight excluding hydrogens is 442 g/mol. The maximum absolute atomic E-state index is 15.5. The van der Waals surface area contributed by atoms with Gasteiger partial charge < -0.3 is 9.05 Å². The van der Waals surface area contributed by atoms with Crippen LogP contribution in [0.15, 0.2) is 18.2 Å². The first-order chi connectivity index (χ1) is 15.2. The van der Waals surface area contributed by atoms with Crippen LogP contribution < -0.4 is 9.05 Å². The molecular formula is C30H44FO2P. The number of rotatable bonds is 0. The van der Waals surface area contributed by atoms with E-state index in [0.29, 0.717) is 17.9 Å². The molecule has 0 radical (unpaired) electrons. The number of hydrogen-bond acceptors (Lipinski definition) is 2. The highest BCUT2D eigenvalue weighted by molar-refractivity contribution is 7.42.